The molecule has 0 saturated heterocycles. The van der Waals surface area contributed by atoms with Crippen molar-refractivity contribution in [3.8, 4) is 0 Å². The fourth-order valence-electron chi connectivity index (χ4n) is 1.59. The third-order valence-corrected chi connectivity index (χ3v) is 2.44. The number of hydrogen-bond donors (Lipinski definition) is 0. The molecule has 82 valence electrons. The van der Waals surface area contributed by atoms with E-state index in [1.807, 2.05) is 50.7 Å². The first kappa shape index (κ1) is 11.6. The molecule has 0 fully saturated rings. The van der Waals surface area contributed by atoms with Crippen molar-refractivity contribution in [2.75, 3.05) is 14.1 Å². The van der Waals surface area contributed by atoms with Crippen LogP contribution in [0.25, 0.3) is 0 Å². The lowest BCUT2D eigenvalue weighted by atomic mass is 10.1. The van der Waals surface area contributed by atoms with Gasteiger partial charge < -0.3 is 9.47 Å². The number of aromatic nitrogens is 1. The SMILES string of the molecule is Cc1cn(C)c(C)c1C(=O)C=CN(C)C. The summed E-state index contributed by atoms with van der Waals surface area (Å²) in [5.41, 5.74) is 2.86. The van der Waals surface area contributed by atoms with Gasteiger partial charge in [0.05, 0.1) is 0 Å². The number of ketones is 1. The fourth-order valence-corrected chi connectivity index (χ4v) is 1.59. The molecule has 3 heteroatoms. The van der Waals surface area contributed by atoms with Crippen LogP contribution in [0.2, 0.25) is 0 Å². The molecule has 0 aliphatic heterocycles. The summed E-state index contributed by atoms with van der Waals surface area (Å²) in [5.74, 6) is 0.0688. The van der Waals surface area contributed by atoms with Crippen molar-refractivity contribution in [1.82, 2.24) is 9.47 Å². The van der Waals surface area contributed by atoms with E-state index in [0.717, 1.165) is 16.8 Å². The predicted octanol–water partition coefficient (Wildman–Crippen LogP) is 1.90. The van der Waals surface area contributed by atoms with Crippen LogP contribution in [0.1, 0.15) is 21.6 Å². The smallest absolute Gasteiger partial charge is 0.189 e. The van der Waals surface area contributed by atoms with Crippen molar-refractivity contribution in [3.63, 3.8) is 0 Å². The fraction of sp³-hybridized carbons (Fsp3) is 0.417. The molecule has 0 spiro atoms. The molecule has 0 atom stereocenters. The van der Waals surface area contributed by atoms with E-state index in [-0.39, 0.29) is 5.78 Å². The van der Waals surface area contributed by atoms with E-state index in [2.05, 4.69) is 0 Å². The van der Waals surface area contributed by atoms with Gasteiger partial charge in [-0.2, -0.15) is 0 Å². The monoisotopic (exact) mass is 206 g/mol. The van der Waals surface area contributed by atoms with E-state index in [4.69, 9.17) is 0 Å². The van der Waals surface area contributed by atoms with Crippen LogP contribution < -0.4 is 0 Å². The molecule has 3 nitrogen and oxygen atoms in total. The summed E-state index contributed by atoms with van der Waals surface area (Å²) in [6.07, 6.45) is 5.36. The summed E-state index contributed by atoms with van der Waals surface area (Å²) in [4.78, 5) is 13.7. The number of hydrogen-bond acceptors (Lipinski definition) is 2. The van der Waals surface area contributed by atoms with Crippen LogP contribution in [0, 0.1) is 13.8 Å². The van der Waals surface area contributed by atoms with Gasteiger partial charge in [-0.25, -0.2) is 0 Å². The van der Waals surface area contributed by atoms with Gasteiger partial charge in [-0.3, -0.25) is 4.79 Å². The summed E-state index contributed by atoms with van der Waals surface area (Å²) < 4.78 is 1.98. The van der Waals surface area contributed by atoms with Gasteiger partial charge >= 0.3 is 0 Å². The Morgan fingerprint density at radius 1 is 1.40 bits per heavy atom. The lowest BCUT2D eigenvalue weighted by molar-refractivity contribution is 0.104. The highest BCUT2D eigenvalue weighted by Crippen LogP contribution is 2.16. The Hall–Kier alpha value is -1.51. The molecule has 0 unspecified atom stereocenters. The third-order valence-electron chi connectivity index (χ3n) is 2.44. The van der Waals surface area contributed by atoms with Crippen molar-refractivity contribution in [3.05, 3.63) is 35.3 Å². The first-order valence-corrected chi connectivity index (χ1v) is 4.95. The van der Waals surface area contributed by atoms with Crippen molar-refractivity contribution >= 4 is 5.78 Å². The highest BCUT2D eigenvalue weighted by atomic mass is 16.1. The Morgan fingerprint density at radius 3 is 2.40 bits per heavy atom. The molecule has 0 aliphatic rings. The van der Waals surface area contributed by atoms with E-state index in [0.29, 0.717) is 0 Å². The van der Waals surface area contributed by atoms with Gasteiger partial charge in [0.1, 0.15) is 0 Å². The van der Waals surface area contributed by atoms with Gasteiger partial charge in [-0.05, 0) is 19.4 Å². The minimum atomic E-state index is 0.0688. The number of rotatable bonds is 3. The molecule has 0 aromatic carbocycles. The second-order valence-electron chi connectivity index (χ2n) is 4.03. The normalized spacial score (nSPS) is 11.0. The summed E-state index contributed by atoms with van der Waals surface area (Å²) in [7, 11) is 5.75. The van der Waals surface area contributed by atoms with Crippen molar-refractivity contribution in [2.24, 2.45) is 7.05 Å². The zero-order valence-corrected chi connectivity index (χ0v) is 10.0. The molecule has 1 heterocycles. The Morgan fingerprint density at radius 2 is 2.00 bits per heavy atom. The third kappa shape index (κ3) is 2.49. The van der Waals surface area contributed by atoms with Gasteiger partial charge in [-0.15, -0.1) is 0 Å². The van der Waals surface area contributed by atoms with Gasteiger partial charge in [0.15, 0.2) is 5.78 Å². The van der Waals surface area contributed by atoms with Crippen LogP contribution >= 0.6 is 0 Å². The Kier molecular flexibility index (Phi) is 3.35. The second kappa shape index (κ2) is 4.34. The number of allylic oxidation sites excluding steroid dienone is 1. The first-order chi connectivity index (χ1) is 6.93. The maximum Gasteiger partial charge on any atom is 0.189 e. The Labute approximate surface area is 91.0 Å². The highest BCUT2D eigenvalue weighted by molar-refractivity contribution is 6.06. The van der Waals surface area contributed by atoms with Gasteiger partial charge in [-0.1, -0.05) is 0 Å². The molecule has 0 saturated carbocycles. The van der Waals surface area contributed by atoms with Crippen molar-refractivity contribution in [2.45, 2.75) is 13.8 Å². The minimum Gasteiger partial charge on any atom is -0.383 e. The Balaban J connectivity index is 3.01. The molecule has 0 amide bonds. The van der Waals surface area contributed by atoms with E-state index >= 15 is 0 Å². The van der Waals surface area contributed by atoms with Crippen LogP contribution in [0.3, 0.4) is 0 Å². The van der Waals surface area contributed by atoms with Gasteiger partial charge in [0.25, 0.3) is 0 Å². The number of aryl methyl sites for hydroxylation is 2. The molecule has 1 aromatic heterocycles. The van der Waals surface area contributed by atoms with Crippen LogP contribution in [0.4, 0.5) is 0 Å². The molecule has 1 rings (SSSR count). The quantitative estimate of drug-likeness (QED) is 0.557. The van der Waals surface area contributed by atoms with E-state index in [9.17, 15) is 4.79 Å². The average molecular weight is 206 g/mol. The largest absolute Gasteiger partial charge is 0.383 e. The summed E-state index contributed by atoms with van der Waals surface area (Å²) in [6.45, 7) is 3.92. The summed E-state index contributed by atoms with van der Waals surface area (Å²) in [5, 5.41) is 0. The zero-order chi connectivity index (χ0) is 11.6. The zero-order valence-electron chi connectivity index (χ0n) is 10.0. The second-order valence-corrected chi connectivity index (χ2v) is 4.03. The lowest BCUT2D eigenvalue weighted by Crippen LogP contribution is -2.04. The number of carbonyl (C=O) groups is 1. The maximum absolute atomic E-state index is 11.9. The predicted molar refractivity (Wildman–Crippen MR) is 62.0 cm³/mol. The van der Waals surface area contributed by atoms with Crippen LogP contribution in [0.15, 0.2) is 18.5 Å². The topological polar surface area (TPSA) is 25.2 Å². The van der Waals surface area contributed by atoms with E-state index in [1.165, 1.54) is 0 Å². The van der Waals surface area contributed by atoms with E-state index < -0.39 is 0 Å². The lowest BCUT2D eigenvalue weighted by Gasteiger charge is -2.03. The number of nitrogens with zero attached hydrogens (tertiary/aromatic N) is 2. The number of carbonyl (C=O) groups excluding carboxylic acids is 1. The van der Waals surface area contributed by atoms with Gasteiger partial charge in [0.2, 0.25) is 0 Å². The molecule has 0 aliphatic carbocycles. The van der Waals surface area contributed by atoms with E-state index in [1.54, 1.807) is 12.3 Å². The molecular formula is C12H18N2O. The standard InChI is InChI=1S/C12H18N2O/c1-9-8-14(5)10(2)12(9)11(15)6-7-13(3)4/h6-8H,1-5H3. The minimum absolute atomic E-state index is 0.0688. The molecule has 0 radical (unpaired) electrons. The van der Waals surface area contributed by atoms with Crippen LogP contribution in [0.5, 0.6) is 0 Å². The van der Waals surface area contributed by atoms with Crippen molar-refractivity contribution in [1.29, 1.82) is 0 Å². The maximum atomic E-state index is 11.9. The average Bonchev–Trinajstić information content (AvgIpc) is 2.37. The highest BCUT2D eigenvalue weighted by Gasteiger charge is 2.12. The Bertz CT molecular complexity index is 400. The van der Waals surface area contributed by atoms with Crippen LogP contribution in [-0.2, 0) is 7.05 Å². The molecular weight excluding hydrogens is 188 g/mol. The summed E-state index contributed by atoms with van der Waals surface area (Å²) >= 11 is 0. The summed E-state index contributed by atoms with van der Waals surface area (Å²) in [6, 6.07) is 0. The molecule has 0 bridgehead atoms. The van der Waals surface area contributed by atoms with Crippen LogP contribution in [-0.4, -0.2) is 29.3 Å². The first-order valence-electron chi connectivity index (χ1n) is 4.95. The van der Waals surface area contributed by atoms with Gasteiger partial charge in [0, 0.05) is 50.9 Å². The molecule has 0 N–H and O–H groups in total. The molecule has 15 heavy (non-hydrogen) atoms. The molecule has 1 aromatic rings. The van der Waals surface area contributed by atoms with Crippen molar-refractivity contribution < 1.29 is 4.79 Å².